The number of carbonyl (C=O) groups excluding carboxylic acids is 2. The van der Waals surface area contributed by atoms with E-state index in [9.17, 15) is 22.8 Å². The van der Waals surface area contributed by atoms with Gasteiger partial charge in [-0.05, 0) is 6.92 Å². The Morgan fingerprint density at radius 2 is 2.13 bits per heavy atom. The SMILES string of the molecule is Cc1nc2cnccn2c1NC(=O)C1CC(=O)CC1C(F)(F)F. The quantitative estimate of drug-likeness (QED) is 0.917. The molecule has 0 saturated heterocycles. The normalized spacial score (nSPS) is 21.8. The van der Waals surface area contributed by atoms with Gasteiger partial charge in [-0.25, -0.2) is 4.98 Å². The third-order valence-electron chi connectivity index (χ3n) is 3.98. The molecule has 0 spiro atoms. The van der Waals surface area contributed by atoms with Gasteiger partial charge in [0.25, 0.3) is 0 Å². The predicted molar refractivity (Wildman–Crippen MR) is 73.6 cm³/mol. The molecule has 0 aliphatic heterocycles. The van der Waals surface area contributed by atoms with Crippen molar-refractivity contribution in [1.29, 1.82) is 0 Å². The minimum absolute atomic E-state index is 0.285. The first-order valence-electron chi connectivity index (χ1n) is 6.95. The lowest BCUT2D eigenvalue weighted by Gasteiger charge is -2.20. The van der Waals surface area contributed by atoms with Crippen LogP contribution in [-0.4, -0.2) is 32.2 Å². The summed E-state index contributed by atoms with van der Waals surface area (Å²) in [4.78, 5) is 31.7. The molecule has 0 aromatic carbocycles. The third-order valence-corrected chi connectivity index (χ3v) is 3.98. The largest absolute Gasteiger partial charge is 0.393 e. The molecular formula is C14H13F3N4O2. The number of hydrogen-bond donors (Lipinski definition) is 1. The van der Waals surface area contributed by atoms with Crippen LogP contribution in [0.1, 0.15) is 18.5 Å². The molecule has 2 unspecified atom stereocenters. The van der Waals surface area contributed by atoms with Crippen LogP contribution in [0.15, 0.2) is 18.6 Å². The summed E-state index contributed by atoms with van der Waals surface area (Å²) in [5, 5.41) is 2.48. The second-order valence-corrected chi connectivity index (χ2v) is 5.54. The van der Waals surface area contributed by atoms with Gasteiger partial charge in [0.2, 0.25) is 5.91 Å². The first-order chi connectivity index (χ1) is 10.8. The number of carbonyl (C=O) groups is 2. The molecule has 1 amide bonds. The zero-order valence-electron chi connectivity index (χ0n) is 12.1. The summed E-state index contributed by atoms with van der Waals surface area (Å²) in [5.74, 6) is -4.43. The van der Waals surface area contributed by atoms with Gasteiger partial charge in [-0.1, -0.05) is 0 Å². The molecule has 1 aliphatic rings. The van der Waals surface area contributed by atoms with Gasteiger partial charge < -0.3 is 5.32 Å². The van der Waals surface area contributed by atoms with Gasteiger partial charge >= 0.3 is 6.18 Å². The summed E-state index contributed by atoms with van der Waals surface area (Å²) in [5.41, 5.74) is 0.925. The number of rotatable bonds is 2. The summed E-state index contributed by atoms with van der Waals surface area (Å²) in [6.45, 7) is 1.63. The molecule has 1 aliphatic carbocycles. The van der Waals surface area contributed by atoms with E-state index in [2.05, 4.69) is 15.3 Å². The van der Waals surface area contributed by atoms with Crippen LogP contribution >= 0.6 is 0 Å². The molecular weight excluding hydrogens is 313 g/mol. The van der Waals surface area contributed by atoms with E-state index < -0.39 is 42.5 Å². The average molecular weight is 326 g/mol. The monoisotopic (exact) mass is 326 g/mol. The Balaban J connectivity index is 1.88. The second kappa shape index (κ2) is 5.32. The van der Waals surface area contributed by atoms with Gasteiger partial charge in [-0.3, -0.25) is 19.0 Å². The van der Waals surface area contributed by atoms with Crippen LogP contribution in [0.4, 0.5) is 19.0 Å². The van der Waals surface area contributed by atoms with Gasteiger partial charge in [0, 0.05) is 25.2 Å². The van der Waals surface area contributed by atoms with Crippen molar-refractivity contribution in [2.75, 3.05) is 5.32 Å². The van der Waals surface area contributed by atoms with E-state index >= 15 is 0 Å². The van der Waals surface area contributed by atoms with Gasteiger partial charge in [-0.2, -0.15) is 13.2 Å². The Kier molecular flexibility index (Phi) is 3.57. The molecule has 9 heteroatoms. The number of ketones is 1. The number of alkyl halides is 3. The van der Waals surface area contributed by atoms with Crippen LogP contribution in [0.25, 0.3) is 5.65 Å². The Morgan fingerprint density at radius 3 is 2.83 bits per heavy atom. The van der Waals surface area contributed by atoms with Crippen LogP contribution in [-0.2, 0) is 9.59 Å². The van der Waals surface area contributed by atoms with Crippen molar-refractivity contribution in [1.82, 2.24) is 14.4 Å². The summed E-state index contributed by atoms with van der Waals surface area (Å²) in [6, 6.07) is 0. The fourth-order valence-electron chi connectivity index (χ4n) is 2.86. The molecule has 2 heterocycles. The van der Waals surface area contributed by atoms with E-state index in [4.69, 9.17) is 0 Å². The second-order valence-electron chi connectivity index (χ2n) is 5.54. The third kappa shape index (κ3) is 2.78. The molecule has 122 valence electrons. The maximum absolute atomic E-state index is 13.0. The number of nitrogens with zero attached hydrogens (tertiary/aromatic N) is 3. The smallest absolute Gasteiger partial charge is 0.310 e. The Labute approximate surface area is 128 Å². The number of fused-ring (bicyclic) bond motifs is 1. The minimum Gasteiger partial charge on any atom is -0.310 e. The lowest BCUT2D eigenvalue weighted by Crippen LogP contribution is -2.34. The van der Waals surface area contributed by atoms with Crippen molar-refractivity contribution in [3.05, 3.63) is 24.3 Å². The summed E-state index contributed by atoms with van der Waals surface area (Å²) in [6.07, 6.45) is -1.12. The van der Waals surface area contributed by atoms with Gasteiger partial charge in [-0.15, -0.1) is 0 Å². The van der Waals surface area contributed by atoms with Gasteiger partial charge in [0.05, 0.1) is 23.7 Å². The van der Waals surface area contributed by atoms with E-state index in [1.54, 1.807) is 13.1 Å². The van der Waals surface area contributed by atoms with Crippen LogP contribution < -0.4 is 5.32 Å². The number of hydrogen-bond acceptors (Lipinski definition) is 4. The predicted octanol–water partition coefficient (Wildman–Crippen LogP) is 2.13. The lowest BCUT2D eigenvalue weighted by molar-refractivity contribution is -0.185. The summed E-state index contributed by atoms with van der Waals surface area (Å²) < 4.78 is 40.5. The van der Waals surface area contributed by atoms with Gasteiger partial charge in [0.1, 0.15) is 11.6 Å². The fraction of sp³-hybridized carbons (Fsp3) is 0.429. The molecule has 2 aromatic rings. The molecule has 0 radical (unpaired) electrons. The number of anilines is 1. The molecule has 1 N–H and O–H groups in total. The lowest BCUT2D eigenvalue weighted by atomic mass is 9.94. The zero-order valence-corrected chi connectivity index (χ0v) is 12.1. The highest BCUT2D eigenvalue weighted by Gasteiger charge is 2.52. The van der Waals surface area contributed by atoms with E-state index in [1.165, 1.54) is 16.8 Å². The van der Waals surface area contributed by atoms with Crippen LogP contribution in [0.2, 0.25) is 0 Å². The number of halogens is 3. The minimum atomic E-state index is -4.58. The topological polar surface area (TPSA) is 76.4 Å². The number of amides is 1. The first kappa shape index (κ1) is 15.4. The van der Waals surface area contributed by atoms with Crippen LogP contribution in [0.3, 0.4) is 0 Å². The van der Waals surface area contributed by atoms with Crippen molar-refractivity contribution in [3.8, 4) is 0 Å². The average Bonchev–Trinajstić information content (AvgIpc) is 3.00. The van der Waals surface area contributed by atoms with Crippen molar-refractivity contribution in [2.24, 2.45) is 11.8 Å². The molecule has 23 heavy (non-hydrogen) atoms. The maximum atomic E-state index is 13.0. The van der Waals surface area contributed by atoms with Crippen LogP contribution in [0.5, 0.6) is 0 Å². The van der Waals surface area contributed by atoms with Gasteiger partial charge in [0.15, 0.2) is 5.65 Å². The molecule has 3 rings (SSSR count). The number of nitrogens with one attached hydrogen (secondary N) is 1. The Bertz CT molecular complexity index is 784. The summed E-state index contributed by atoms with van der Waals surface area (Å²) in [7, 11) is 0. The van der Waals surface area contributed by atoms with Crippen molar-refractivity contribution in [3.63, 3.8) is 0 Å². The fourth-order valence-corrected chi connectivity index (χ4v) is 2.86. The van der Waals surface area contributed by atoms with E-state index in [0.717, 1.165) is 0 Å². The number of aryl methyl sites for hydroxylation is 1. The highest BCUT2D eigenvalue weighted by atomic mass is 19.4. The van der Waals surface area contributed by atoms with Crippen molar-refractivity contribution in [2.45, 2.75) is 25.9 Å². The number of Topliss-reactive ketones (excluding diaryl/α,β-unsaturated/α-hetero) is 1. The Morgan fingerprint density at radius 1 is 1.39 bits per heavy atom. The summed E-state index contributed by atoms with van der Waals surface area (Å²) >= 11 is 0. The number of aromatic nitrogens is 3. The van der Waals surface area contributed by atoms with Crippen molar-refractivity contribution < 1.29 is 22.8 Å². The Hall–Kier alpha value is -2.45. The van der Waals surface area contributed by atoms with E-state index in [1.807, 2.05) is 0 Å². The first-order valence-corrected chi connectivity index (χ1v) is 6.95. The van der Waals surface area contributed by atoms with E-state index in [-0.39, 0.29) is 5.82 Å². The van der Waals surface area contributed by atoms with Crippen molar-refractivity contribution >= 4 is 23.2 Å². The molecule has 2 atom stereocenters. The highest BCUT2D eigenvalue weighted by Crippen LogP contribution is 2.42. The molecule has 6 nitrogen and oxygen atoms in total. The standard InChI is InChI=1S/C14H13F3N4O2/c1-7-12(21-3-2-18-6-11(21)19-7)20-13(23)9-4-8(22)5-10(9)14(15,16)17/h2-3,6,9-10H,4-5H2,1H3,(H,20,23). The number of imidazole rings is 1. The molecule has 2 aromatic heterocycles. The zero-order chi connectivity index (χ0) is 16.8. The molecule has 0 bridgehead atoms. The highest BCUT2D eigenvalue weighted by molar-refractivity contribution is 5.98. The van der Waals surface area contributed by atoms with Crippen LogP contribution in [0, 0.1) is 18.8 Å². The van der Waals surface area contributed by atoms with E-state index in [0.29, 0.717) is 11.3 Å². The molecule has 1 fully saturated rings. The molecule has 1 saturated carbocycles. The maximum Gasteiger partial charge on any atom is 0.393 e.